The number of ether oxygens (including phenoxy) is 2. The number of halogens is 1. The molecular formula is C55H63ClN2O5. The van der Waals surface area contributed by atoms with Crippen LogP contribution in [0.25, 0.3) is 11.1 Å². The average molecular weight is 868 g/mol. The van der Waals surface area contributed by atoms with Crippen LogP contribution in [0.2, 0.25) is 5.02 Å². The van der Waals surface area contributed by atoms with Crippen molar-refractivity contribution in [3.05, 3.63) is 166 Å². The second kappa shape index (κ2) is 22.3. The number of carbonyl (C=O) groups is 3. The molecule has 7 nitrogen and oxygen atoms in total. The van der Waals surface area contributed by atoms with E-state index in [-0.39, 0.29) is 18.4 Å². The van der Waals surface area contributed by atoms with E-state index in [1.165, 1.54) is 44.1 Å². The summed E-state index contributed by atoms with van der Waals surface area (Å²) in [6.45, 7) is 2.75. The minimum Gasteiger partial charge on any atom is -0.449 e. The topological polar surface area (TPSA) is 84.9 Å². The number of esters is 1. The molecule has 7 rings (SSSR count). The fourth-order valence-electron chi connectivity index (χ4n) is 9.72. The first-order valence-corrected chi connectivity index (χ1v) is 23.7. The number of amides is 2. The number of hydrogen-bond donors (Lipinski definition) is 1. The van der Waals surface area contributed by atoms with E-state index in [1.807, 2.05) is 72.8 Å². The number of rotatable bonds is 18. The quantitative estimate of drug-likeness (QED) is 0.0539. The highest BCUT2D eigenvalue weighted by Crippen LogP contribution is 2.46. The number of benzene rings is 5. The van der Waals surface area contributed by atoms with Gasteiger partial charge in [0.1, 0.15) is 12.6 Å². The van der Waals surface area contributed by atoms with Gasteiger partial charge in [-0.15, -0.1) is 0 Å². The molecular weight excluding hydrogens is 804 g/mol. The van der Waals surface area contributed by atoms with Crippen molar-refractivity contribution >= 4 is 29.6 Å². The van der Waals surface area contributed by atoms with Crippen LogP contribution in [-0.4, -0.2) is 49.1 Å². The van der Waals surface area contributed by atoms with Gasteiger partial charge in [-0.25, -0.2) is 4.79 Å². The van der Waals surface area contributed by atoms with Gasteiger partial charge in [0.2, 0.25) is 5.91 Å². The summed E-state index contributed by atoms with van der Waals surface area (Å²) < 4.78 is 12.7. The molecule has 1 N–H and O–H groups in total. The van der Waals surface area contributed by atoms with Gasteiger partial charge in [-0.05, 0) is 59.1 Å². The predicted molar refractivity (Wildman–Crippen MR) is 253 cm³/mol. The molecule has 2 amide bonds. The molecule has 1 unspecified atom stereocenters. The van der Waals surface area contributed by atoms with Gasteiger partial charge in [-0.3, -0.25) is 9.59 Å². The highest BCUT2D eigenvalue weighted by atomic mass is 35.5. The third-order valence-electron chi connectivity index (χ3n) is 13.1. The molecule has 8 heteroatoms. The Morgan fingerprint density at radius 2 is 1.27 bits per heavy atom. The maximum absolute atomic E-state index is 14.8. The first-order chi connectivity index (χ1) is 30.8. The minimum absolute atomic E-state index is 0.0687. The Morgan fingerprint density at radius 3 is 1.94 bits per heavy atom. The van der Waals surface area contributed by atoms with E-state index < -0.39 is 30.1 Å². The first kappa shape index (κ1) is 45.6. The lowest BCUT2D eigenvalue weighted by Gasteiger charge is -2.36. The van der Waals surface area contributed by atoms with E-state index in [0.717, 1.165) is 72.8 Å². The zero-order valence-corrected chi connectivity index (χ0v) is 37.8. The summed E-state index contributed by atoms with van der Waals surface area (Å²) in [6, 6.07) is 40.6. The van der Waals surface area contributed by atoms with E-state index in [0.29, 0.717) is 28.6 Å². The summed E-state index contributed by atoms with van der Waals surface area (Å²) in [5, 5.41) is 3.24. The smallest absolute Gasteiger partial charge is 0.407 e. The first-order valence-electron chi connectivity index (χ1n) is 23.3. The number of hydrogen-bond acceptors (Lipinski definition) is 5. The molecule has 2 aliphatic rings. The van der Waals surface area contributed by atoms with E-state index in [2.05, 4.69) is 60.8 Å². The molecule has 0 heterocycles. The molecule has 2 atom stereocenters. The lowest BCUT2D eigenvalue weighted by Crippen LogP contribution is -2.49. The largest absolute Gasteiger partial charge is 0.449 e. The predicted octanol–water partition coefficient (Wildman–Crippen LogP) is 13.1. The molecule has 0 saturated heterocycles. The van der Waals surface area contributed by atoms with Gasteiger partial charge in [0.25, 0.3) is 0 Å². The highest BCUT2D eigenvalue weighted by Gasteiger charge is 2.43. The average Bonchev–Trinajstić information content (AvgIpc) is 3.62. The van der Waals surface area contributed by atoms with E-state index in [4.69, 9.17) is 21.1 Å². The third kappa shape index (κ3) is 11.0. The van der Waals surface area contributed by atoms with Crippen molar-refractivity contribution < 1.29 is 23.9 Å². The molecule has 2 aliphatic carbocycles. The number of unbranched alkanes of at least 4 members (excludes halogenated alkanes) is 5. The Labute approximate surface area is 379 Å². The number of nitrogens with zero attached hydrogens (tertiary/aromatic N) is 1. The Balaban J connectivity index is 1.17. The summed E-state index contributed by atoms with van der Waals surface area (Å²) in [4.78, 5) is 44.6. The molecule has 0 bridgehead atoms. The van der Waals surface area contributed by atoms with Gasteiger partial charge in [-0.2, -0.15) is 0 Å². The van der Waals surface area contributed by atoms with Crippen molar-refractivity contribution in [1.29, 1.82) is 0 Å². The monoisotopic (exact) mass is 866 g/mol. The highest BCUT2D eigenvalue weighted by molar-refractivity contribution is 6.31. The van der Waals surface area contributed by atoms with E-state index in [9.17, 15) is 14.4 Å². The summed E-state index contributed by atoms with van der Waals surface area (Å²) >= 11 is 7.06. The summed E-state index contributed by atoms with van der Waals surface area (Å²) in [5.41, 5.74) is 6.23. The number of nitrogens with one attached hydrogen (secondary N) is 1. The summed E-state index contributed by atoms with van der Waals surface area (Å²) in [6.07, 6.45) is 13.8. The normalized spacial score (nSPS) is 15.5. The van der Waals surface area contributed by atoms with Crippen LogP contribution in [0.4, 0.5) is 4.79 Å². The third-order valence-corrected chi connectivity index (χ3v) is 13.5. The van der Waals surface area contributed by atoms with Gasteiger partial charge in [0.05, 0.1) is 6.42 Å². The second-order valence-electron chi connectivity index (χ2n) is 17.4. The minimum atomic E-state index is -1.47. The van der Waals surface area contributed by atoms with Crippen LogP contribution in [-0.2, 0) is 24.7 Å². The molecule has 0 radical (unpaired) electrons. The van der Waals surface area contributed by atoms with E-state index >= 15 is 0 Å². The maximum atomic E-state index is 14.8. The maximum Gasteiger partial charge on any atom is 0.407 e. The van der Waals surface area contributed by atoms with E-state index in [1.54, 1.807) is 18.0 Å². The van der Waals surface area contributed by atoms with Crippen LogP contribution in [0.1, 0.15) is 142 Å². The van der Waals surface area contributed by atoms with Crippen LogP contribution in [0, 0.1) is 0 Å². The molecule has 5 aromatic rings. The van der Waals surface area contributed by atoms with Gasteiger partial charge < -0.3 is 19.7 Å². The van der Waals surface area contributed by atoms with Gasteiger partial charge in [0.15, 0.2) is 5.60 Å². The van der Waals surface area contributed by atoms with Gasteiger partial charge in [0, 0.05) is 41.2 Å². The Morgan fingerprint density at radius 1 is 0.698 bits per heavy atom. The number of fused-ring (bicyclic) bond motifs is 3. The number of carbonyl (C=O) groups excluding carboxylic acids is 3. The van der Waals surface area contributed by atoms with Crippen molar-refractivity contribution in [3.63, 3.8) is 0 Å². The zero-order chi connectivity index (χ0) is 44.0. The summed E-state index contributed by atoms with van der Waals surface area (Å²) in [7, 11) is 1.72. The molecule has 330 valence electrons. The Kier molecular flexibility index (Phi) is 16.1. The van der Waals surface area contributed by atoms with Crippen LogP contribution >= 0.6 is 11.6 Å². The molecule has 0 aliphatic heterocycles. The van der Waals surface area contributed by atoms with Crippen molar-refractivity contribution in [3.8, 4) is 11.1 Å². The molecule has 63 heavy (non-hydrogen) atoms. The lowest BCUT2D eigenvalue weighted by molar-refractivity contribution is -0.156. The fourth-order valence-corrected chi connectivity index (χ4v) is 9.99. The fraction of sp³-hybridized carbons (Fsp3) is 0.400. The van der Waals surface area contributed by atoms with Crippen molar-refractivity contribution in [2.24, 2.45) is 0 Å². The molecule has 1 fully saturated rings. The number of likely N-dealkylation sites (N-methyl/N-ethyl adjacent to an activating group) is 1. The standard InChI is InChI=1S/C55H63ClN2O5/c1-3-4-5-6-10-22-37-58(2)53(60)51(57-54(61)62-39-48-46-29-18-16-27-44(46)45-28-17-19-30-47(45)48)38-52(59)63-55(42-25-14-11-15-26-42,49-31-20-21-32-50(49)56)43-35-33-41(34-36-43)40-23-12-8-7-9-13-24-40/h11,14-21,25-36,40,48,51H,3-10,12-13,22-24,37-39H2,1-2H3,(H,57,61)/t51-,55?/m0/s1. The van der Waals surface area contributed by atoms with Crippen LogP contribution in [0.3, 0.4) is 0 Å². The molecule has 0 aromatic heterocycles. The van der Waals surface area contributed by atoms with Crippen molar-refractivity contribution in [2.45, 2.75) is 120 Å². The second-order valence-corrected chi connectivity index (χ2v) is 17.8. The zero-order valence-electron chi connectivity index (χ0n) is 37.0. The Hall–Kier alpha value is -5.40. The molecule has 0 spiro atoms. The van der Waals surface area contributed by atoms with Crippen molar-refractivity contribution in [1.82, 2.24) is 10.2 Å². The number of alkyl carbamates (subject to hydrolysis) is 1. The Bertz CT molecular complexity index is 2230. The lowest BCUT2D eigenvalue weighted by atomic mass is 9.78. The van der Waals surface area contributed by atoms with Gasteiger partial charge in [-0.1, -0.05) is 204 Å². The summed E-state index contributed by atoms with van der Waals surface area (Å²) in [5.74, 6) is -0.760. The van der Waals surface area contributed by atoms with Crippen LogP contribution in [0.15, 0.2) is 127 Å². The van der Waals surface area contributed by atoms with Crippen molar-refractivity contribution in [2.75, 3.05) is 20.2 Å². The van der Waals surface area contributed by atoms with Gasteiger partial charge >= 0.3 is 12.1 Å². The van der Waals surface area contributed by atoms with Crippen LogP contribution < -0.4 is 5.32 Å². The SMILES string of the molecule is CCCCCCCCN(C)C(=O)[C@H](CC(=O)OC(c1ccccc1)(c1ccc(C2CCCCCCC2)cc1)c1ccccc1Cl)NC(=O)OCC1c2ccccc2-c2ccccc21. The molecule has 5 aromatic carbocycles. The molecule has 1 saturated carbocycles. The van der Waals surface area contributed by atoms with Crippen LogP contribution in [0.5, 0.6) is 0 Å².